The van der Waals surface area contributed by atoms with Crippen molar-refractivity contribution in [1.29, 1.82) is 0 Å². The van der Waals surface area contributed by atoms with Gasteiger partial charge in [0, 0.05) is 17.2 Å². The van der Waals surface area contributed by atoms with Crippen molar-refractivity contribution in [2.75, 3.05) is 5.75 Å². The molecule has 0 spiro atoms. The summed E-state index contributed by atoms with van der Waals surface area (Å²) in [7, 11) is 0. The average Bonchev–Trinajstić information content (AvgIpc) is 2.85. The first kappa shape index (κ1) is 23.4. The molecule has 0 aliphatic heterocycles. The Balaban J connectivity index is 1.73. The average molecular weight is 472 g/mol. The van der Waals surface area contributed by atoms with E-state index in [1.165, 1.54) is 11.8 Å². The van der Waals surface area contributed by atoms with E-state index in [2.05, 4.69) is 5.32 Å². The van der Waals surface area contributed by atoms with Gasteiger partial charge in [-0.15, -0.1) is 0 Å². The lowest BCUT2D eigenvalue weighted by Gasteiger charge is -2.14. The standard InChI is InChI=1S/C27H25N3O3S/c1-18(2)28-25(32)21-13-14-22-23(15-21)29-27(34-17-24(31)20-11-7-4-8-12-20)30(26(22)33)16-19-9-5-3-6-10-19/h3-15,18H,16-17H2,1-2H3,(H,28,32). The van der Waals surface area contributed by atoms with Crippen LogP contribution in [0.5, 0.6) is 0 Å². The number of aromatic nitrogens is 2. The molecule has 34 heavy (non-hydrogen) atoms. The second-order valence-corrected chi connectivity index (χ2v) is 9.15. The van der Waals surface area contributed by atoms with Crippen LogP contribution in [0, 0.1) is 0 Å². The van der Waals surface area contributed by atoms with E-state index in [1.807, 2.05) is 62.4 Å². The SMILES string of the molecule is CC(C)NC(=O)c1ccc2c(=O)n(Cc3ccccc3)c(SCC(=O)c3ccccc3)nc2c1. The molecule has 0 fully saturated rings. The maximum atomic E-state index is 13.5. The van der Waals surface area contributed by atoms with Crippen molar-refractivity contribution < 1.29 is 9.59 Å². The third kappa shape index (κ3) is 5.43. The summed E-state index contributed by atoms with van der Waals surface area (Å²) in [6, 6.07) is 23.6. The molecule has 1 heterocycles. The summed E-state index contributed by atoms with van der Waals surface area (Å²) in [6.45, 7) is 4.11. The number of ketones is 1. The van der Waals surface area contributed by atoms with E-state index in [9.17, 15) is 14.4 Å². The lowest BCUT2D eigenvalue weighted by molar-refractivity contribution is 0.0942. The van der Waals surface area contributed by atoms with Crippen LogP contribution in [0.15, 0.2) is 88.8 Å². The van der Waals surface area contributed by atoms with Crippen molar-refractivity contribution in [2.45, 2.75) is 31.6 Å². The third-order valence-electron chi connectivity index (χ3n) is 5.21. The van der Waals surface area contributed by atoms with E-state index in [-0.39, 0.29) is 29.0 Å². The molecule has 0 radical (unpaired) electrons. The van der Waals surface area contributed by atoms with Crippen LogP contribution >= 0.6 is 11.8 Å². The Morgan fingerprint density at radius 1 is 0.941 bits per heavy atom. The number of Topliss-reactive ketones (excluding diaryl/α,β-unsaturated/α-hetero) is 1. The molecule has 4 aromatic rings. The van der Waals surface area contributed by atoms with Crippen molar-refractivity contribution >= 4 is 34.4 Å². The fourth-order valence-electron chi connectivity index (χ4n) is 3.54. The van der Waals surface area contributed by atoms with Gasteiger partial charge in [0.15, 0.2) is 10.9 Å². The predicted octanol–water partition coefficient (Wildman–Crippen LogP) is 4.56. The van der Waals surface area contributed by atoms with Crippen molar-refractivity contribution in [3.05, 3.63) is 106 Å². The molecular weight excluding hydrogens is 446 g/mol. The minimum Gasteiger partial charge on any atom is -0.350 e. The number of carbonyl (C=O) groups is 2. The number of hydrogen-bond donors (Lipinski definition) is 1. The normalized spacial score (nSPS) is 11.0. The number of thioether (sulfide) groups is 1. The molecular formula is C27H25N3O3S. The van der Waals surface area contributed by atoms with Crippen molar-refractivity contribution in [3.8, 4) is 0 Å². The van der Waals surface area contributed by atoms with Crippen LogP contribution in [0.2, 0.25) is 0 Å². The van der Waals surface area contributed by atoms with Gasteiger partial charge in [-0.05, 0) is 37.6 Å². The van der Waals surface area contributed by atoms with E-state index in [4.69, 9.17) is 4.98 Å². The number of nitrogens with zero attached hydrogens (tertiary/aromatic N) is 2. The van der Waals surface area contributed by atoms with Crippen LogP contribution < -0.4 is 10.9 Å². The fourth-order valence-corrected chi connectivity index (χ4v) is 4.43. The van der Waals surface area contributed by atoms with Gasteiger partial charge in [-0.1, -0.05) is 72.4 Å². The zero-order valence-electron chi connectivity index (χ0n) is 19.0. The highest BCUT2D eigenvalue weighted by Crippen LogP contribution is 2.21. The van der Waals surface area contributed by atoms with Gasteiger partial charge in [0.1, 0.15) is 0 Å². The van der Waals surface area contributed by atoms with Crippen LogP contribution in [-0.4, -0.2) is 33.0 Å². The number of fused-ring (bicyclic) bond motifs is 1. The highest BCUT2D eigenvalue weighted by atomic mass is 32.2. The van der Waals surface area contributed by atoms with Crippen molar-refractivity contribution in [2.24, 2.45) is 0 Å². The Kier molecular flexibility index (Phi) is 7.23. The van der Waals surface area contributed by atoms with E-state index >= 15 is 0 Å². The largest absolute Gasteiger partial charge is 0.350 e. The summed E-state index contributed by atoms with van der Waals surface area (Å²) in [6.07, 6.45) is 0. The summed E-state index contributed by atoms with van der Waals surface area (Å²) in [5, 5.41) is 3.72. The molecule has 0 saturated carbocycles. The summed E-state index contributed by atoms with van der Waals surface area (Å²) in [5.41, 5.74) is 2.22. The van der Waals surface area contributed by atoms with Gasteiger partial charge in [-0.3, -0.25) is 19.0 Å². The molecule has 1 N–H and O–H groups in total. The lowest BCUT2D eigenvalue weighted by atomic mass is 10.1. The monoisotopic (exact) mass is 471 g/mol. The minimum absolute atomic E-state index is 0.00912. The molecule has 172 valence electrons. The quantitative estimate of drug-likeness (QED) is 0.232. The van der Waals surface area contributed by atoms with Gasteiger partial charge in [-0.2, -0.15) is 0 Å². The first-order chi connectivity index (χ1) is 16.4. The molecule has 1 amide bonds. The summed E-state index contributed by atoms with van der Waals surface area (Å²) in [5.74, 6) is -0.124. The second kappa shape index (κ2) is 10.5. The molecule has 3 aromatic carbocycles. The lowest BCUT2D eigenvalue weighted by Crippen LogP contribution is -2.30. The second-order valence-electron chi connectivity index (χ2n) is 8.21. The van der Waals surface area contributed by atoms with Crippen LogP contribution in [0.1, 0.15) is 40.1 Å². The Morgan fingerprint density at radius 2 is 1.62 bits per heavy atom. The minimum atomic E-state index is -0.222. The molecule has 1 aromatic heterocycles. The van der Waals surface area contributed by atoms with E-state index in [1.54, 1.807) is 34.9 Å². The number of hydrogen-bond acceptors (Lipinski definition) is 5. The zero-order chi connectivity index (χ0) is 24.1. The molecule has 0 unspecified atom stereocenters. The molecule has 0 atom stereocenters. The van der Waals surface area contributed by atoms with E-state index in [0.717, 1.165) is 5.56 Å². The van der Waals surface area contributed by atoms with Crippen molar-refractivity contribution in [1.82, 2.24) is 14.9 Å². The van der Waals surface area contributed by atoms with Crippen LogP contribution in [0.25, 0.3) is 10.9 Å². The predicted molar refractivity (Wildman–Crippen MR) is 136 cm³/mol. The topological polar surface area (TPSA) is 81.1 Å². The van der Waals surface area contributed by atoms with Gasteiger partial charge >= 0.3 is 0 Å². The molecule has 0 saturated heterocycles. The van der Waals surface area contributed by atoms with E-state index in [0.29, 0.717) is 33.7 Å². The molecule has 0 aliphatic carbocycles. The highest BCUT2D eigenvalue weighted by Gasteiger charge is 2.16. The van der Waals surface area contributed by atoms with Gasteiger partial charge in [0.05, 0.1) is 23.2 Å². The van der Waals surface area contributed by atoms with Crippen LogP contribution in [0.4, 0.5) is 0 Å². The molecule has 7 heteroatoms. The van der Waals surface area contributed by atoms with Gasteiger partial charge in [0.25, 0.3) is 11.5 Å². The Hall–Kier alpha value is -3.71. The van der Waals surface area contributed by atoms with Crippen molar-refractivity contribution in [3.63, 3.8) is 0 Å². The zero-order valence-corrected chi connectivity index (χ0v) is 19.8. The Bertz CT molecular complexity index is 1380. The van der Waals surface area contributed by atoms with E-state index < -0.39 is 0 Å². The molecule has 4 rings (SSSR count). The maximum Gasteiger partial charge on any atom is 0.262 e. The van der Waals surface area contributed by atoms with Gasteiger partial charge < -0.3 is 5.32 Å². The number of benzene rings is 3. The Labute approximate surface area is 202 Å². The number of rotatable bonds is 8. The first-order valence-corrected chi connectivity index (χ1v) is 12.0. The third-order valence-corrected chi connectivity index (χ3v) is 6.19. The highest BCUT2D eigenvalue weighted by molar-refractivity contribution is 7.99. The maximum absolute atomic E-state index is 13.5. The van der Waals surface area contributed by atoms with Crippen LogP contribution in [-0.2, 0) is 6.54 Å². The smallest absolute Gasteiger partial charge is 0.262 e. The molecule has 0 aliphatic rings. The number of nitrogens with one attached hydrogen (secondary N) is 1. The summed E-state index contributed by atoms with van der Waals surface area (Å²) < 4.78 is 1.59. The first-order valence-electron chi connectivity index (χ1n) is 11.0. The number of carbonyl (C=O) groups excluding carboxylic acids is 2. The summed E-state index contributed by atoms with van der Waals surface area (Å²) in [4.78, 5) is 43.3. The number of amides is 1. The van der Waals surface area contributed by atoms with Gasteiger partial charge in [-0.25, -0.2) is 4.98 Å². The molecule has 0 bridgehead atoms. The fraction of sp³-hybridized carbons (Fsp3) is 0.185. The summed E-state index contributed by atoms with van der Waals surface area (Å²) >= 11 is 1.22. The molecule has 6 nitrogen and oxygen atoms in total. The van der Waals surface area contributed by atoms with Gasteiger partial charge in [0.2, 0.25) is 0 Å². The Morgan fingerprint density at radius 3 is 2.29 bits per heavy atom. The van der Waals surface area contributed by atoms with Crippen LogP contribution in [0.3, 0.4) is 0 Å².